The minimum absolute atomic E-state index is 0.848. The fourth-order valence-corrected chi connectivity index (χ4v) is 7.45. The molecule has 0 saturated heterocycles. The SMILES string of the molecule is c1ccc(N(c2ccc(-c3cccc4ccccc34)cc2)c2ccc3c(c2)oc2cc4cnccc4cc23)c(-c2ccc3ccccc3c2)c1. The van der Waals surface area contributed by atoms with E-state index in [0.29, 0.717) is 0 Å². The van der Waals surface area contributed by atoms with Crippen LogP contribution >= 0.6 is 0 Å². The molecule has 0 N–H and O–H groups in total. The molecule has 2 heterocycles. The van der Waals surface area contributed by atoms with Crippen molar-refractivity contribution in [2.75, 3.05) is 4.90 Å². The Labute approximate surface area is 289 Å². The number of hydrogen-bond donors (Lipinski definition) is 0. The van der Waals surface area contributed by atoms with E-state index in [0.717, 1.165) is 55.3 Å². The molecule has 0 aliphatic carbocycles. The molecule has 0 aliphatic rings. The van der Waals surface area contributed by atoms with Gasteiger partial charge in [0.05, 0.1) is 5.69 Å². The zero-order valence-electron chi connectivity index (χ0n) is 27.1. The van der Waals surface area contributed by atoms with E-state index < -0.39 is 0 Å². The first kappa shape index (κ1) is 28.3. The second-order valence-electron chi connectivity index (χ2n) is 12.8. The van der Waals surface area contributed by atoms with Crippen LogP contribution in [0, 0.1) is 0 Å². The first-order valence-corrected chi connectivity index (χ1v) is 16.9. The molecule has 3 heteroatoms. The highest BCUT2D eigenvalue weighted by molar-refractivity contribution is 6.11. The number of pyridine rings is 1. The van der Waals surface area contributed by atoms with Crippen molar-refractivity contribution >= 4 is 71.3 Å². The maximum absolute atomic E-state index is 6.55. The molecule has 0 bridgehead atoms. The summed E-state index contributed by atoms with van der Waals surface area (Å²) in [5, 5.41) is 9.35. The first-order chi connectivity index (χ1) is 24.8. The van der Waals surface area contributed by atoms with Gasteiger partial charge in [-0.1, -0.05) is 109 Å². The molecule has 234 valence electrons. The van der Waals surface area contributed by atoms with Gasteiger partial charge >= 0.3 is 0 Å². The van der Waals surface area contributed by atoms with Crippen molar-refractivity contribution in [1.29, 1.82) is 0 Å². The number of fused-ring (bicyclic) bond motifs is 6. The van der Waals surface area contributed by atoms with Gasteiger partial charge in [-0.05, 0) is 98.2 Å². The van der Waals surface area contributed by atoms with Crippen LogP contribution in [0.3, 0.4) is 0 Å². The summed E-state index contributed by atoms with van der Waals surface area (Å²) in [6.07, 6.45) is 3.73. The molecule has 0 atom stereocenters. The van der Waals surface area contributed by atoms with Crippen molar-refractivity contribution in [2.24, 2.45) is 0 Å². The van der Waals surface area contributed by atoms with Crippen LogP contribution < -0.4 is 4.90 Å². The van der Waals surface area contributed by atoms with Crippen LogP contribution in [0.2, 0.25) is 0 Å². The van der Waals surface area contributed by atoms with E-state index in [2.05, 4.69) is 180 Å². The van der Waals surface area contributed by atoms with Gasteiger partial charge in [0.25, 0.3) is 0 Å². The van der Waals surface area contributed by atoms with Crippen molar-refractivity contribution in [2.45, 2.75) is 0 Å². The Morgan fingerprint density at radius 3 is 2.02 bits per heavy atom. The van der Waals surface area contributed by atoms with Crippen molar-refractivity contribution in [3.8, 4) is 22.3 Å². The topological polar surface area (TPSA) is 29.3 Å². The zero-order valence-corrected chi connectivity index (χ0v) is 27.1. The van der Waals surface area contributed by atoms with E-state index in [1.807, 2.05) is 12.4 Å². The van der Waals surface area contributed by atoms with E-state index in [-0.39, 0.29) is 0 Å². The molecule has 10 rings (SSSR count). The fourth-order valence-electron chi connectivity index (χ4n) is 7.45. The summed E-state index contributed by atoms with van der Waals surface area (Å²) < 4.78 is 6.55. The van der Waals surface area contributed by atoms with E-state index in [1.54, 1.807) is 0 Å². The summed E-state index contributed by atoms with van der Waals surface area (Å²) >= 11 is 0. The summed E-state index contributed by atoms with van der Waals surface area (Å²) in [6, 6.07) is 60.9. The highest BCUT2D eigenvalue weighted by Crippen LogP contribution is 2.44. The van der Waals surface area contributed by atoms with E-state index >= 15 is 0 Å². The largest absolute Gasteiger partial charge is 0.456 e. The van der Waals surface area contributed by atoms with Crippen LogP contribution in [0.4, 0.5) is 17.1 Å². The number of nitrogens with zero attached hydrogens (tertiary/aromatic N) is 2. The number of furan rings is 1. The maximum Gasteiger partial charge on any atom is 0.137 e. The van der Waals surface area contributed by atoms with E-state index in [9.17, 15) is 0 Å². The number of anilines is 3. The Morgan fingerprint density at radius 1 is 0.400 bits per heavy atom. The standard InChI is InChI=1S/C47H30N2O/c1-2-10-34-26-36(17-16-31(34)8-1)42-13-5-6-15-45(42)49(38-20-18-33(19-21-38)41-14-7-11-32-9-3-4-12-40(32)41)39-22-23-43-44-27-35-24-25-48-30-37(35)28-46(44)50-47(43)29-39/h1-30H. The van der Waals surface area contributed by atoms with Crippen molar-refractivity contribution in [1.82, 2.24) is 4.98 Å². The Balaban J connectivity index is 1.16. The van der Waals surface area contributed by atoms with Gasteiger partial charge < -0.3 is 9.32 Å². The third-order valence-electron chi connectivity index (χ3n) is 9.90. The lowest BCUT2D eigenvalue weighted by Crippen LogP contribution is -2.11. The number of rotatable bonds is 5. The third-order valence-corrected chi connectivity index (χ3v) is 9.90. The number of para-hydroxylation sites is 1. The Hall–Kier alpha value is -6.71. The van der Waals surface area contributed by atoms with Crippen molar-refractivity contribution in [3.05, 3.63) is 182 Å². The summed E-state index contributed by atoms with van der Waals surface area (Å²) in [5.41, 5.74) is 9.62. The van der Waals surface area contributed by atoms with Gasteiger partial charge in [0.1, 0.15) is 11.2 Å². The molecular formula is C47H30N2O. The molecule has 0 saturated carbocycles. The van der Waals surface area contributed by atoms with Crippen LogP contribution in [-0.2, 0) is 0 Å². The second kappa shape index (κ2) is 11.5. The fraction of sp³-hybridized carbons (Fsp3) is 0. The average molecular weight is 639 g/mol. The van der Waals surface area contributed by atoms with Gasteiger partial charge in [-0.25, -0.2) is 0 Å². The van der Waals surface area contributed by atoms with Crippen molar-refractivity contribution in [3.63, 3.8) is 0 Å². The predicted molar refractivity (Wildman–Crippen MR) is 210 cm³/mol. The van der Waals surface area contributed by atoms with Gasteiger partial charge in [0.2, 0.25) is 0 Å². The molecule has 50 heavy (non-hydrogen) atoms. The lowest BCUT2D eigenvalue weighted by molar-refractivity contribution is 0.669. The smallest absolute Gasteiger partial charge is 0.137 e. The lowest BCUT2D eigenvalue weighted by Gasteiger charge is -2.28. The van der Waals surface area contributed by atoms with Crippen LogP contribution in [0.15, 0.2) is 187 Å². The number of benzene rings is 8. The molecular weight excluding hydrogens is 609 g/mol. The molecule has 3 nitrogen and oxygen atoms in total. The molecule has 0 radical (unpaired) electrons. The highest BCUT2D eigenvalue weighted by Gasteiger charge is 2.19. The molecule has 0 fully saturated rings. The van der Waals surface area contributed by atoms with Crippen LogP contribution in [0.25, 0.3) is 76.5 Å². The predicted octanol–water partition coefficient (Wildman–Crippen LogP) is 13.2. The van der Waals surface area contributed by atoms with Gasteiger partial charge in [-0.3, -0.25) is 4.98 Å². The van der Waals surface area contributed by atoms with Gasteiger partial charge in [0, 0.05) is 51.6 Å². The van der Waals surface area contributed by atoms with Crippen LogP contribution in [0.1, 0.15) is 0 Å². The minimum Gasteiger partial charge on any atom is -0.456 e. The Morgan fingerprint density at radius 2 is 1.10 bits per heavy atom. The van der Waals surface area contributed by atoms with Gasteiger partial charge in [-0.15, -0.1) is 0 Å². The Kier molecular flexibility index (Phi) is 6.49. The lowest BCUT2D eigenvalue weighted by atomic mass is 9.97. The van der Waals surface area contributed by atoms with E-state index in [1.165, 1.54) is 38.2 Å². The molecule has 8 aromatic carbocycles. The van der Waals surface area contributed by atoms with E-state index in [4.69, 9.17) is 4.42 Å². The summed E-state index contributed by atoms with van der Waals surface area (Å²) in [6.45, 7) is 0. The van der Waals surface area contributed by atoms with Gasteiger partial charge in [0.15, 0.2) is 0 Å². The minimum atomic E-state index is 0.848. The number of aromatic nitrogens is 1. The van der Waals surface area contributed by atoms with Crippen LogP contribution in [-0.4, -0.2) is 4.98 Å². The summed E-state index contributed by atoms with van der Waals surface area (Å²) in [4.78, 5) is 6.67. The van der Waals surface area contributed by atoms with Gasteiger partial charge in [-0.2, -0.15) is 0 Å². The maximum atomic E-state index is 6.55. The normalized spacial score (nSPS) is 11.6. The molecule has 0 amide bonds. The summed E-state index contributed by atoms with van der Waals surface area (Å²) in [7, 11) is 0. The molecule has 10 aromatic rings. The molecule has 0 spiro atoms. The first-order valence-electron chi connectivity index (χ1n) is 16.9. The third kappa shape index (κ3) is 4.71. The molecule has 2 aromatic heterocycles. The second-order valence-corrected chi connectivity index (χ2v) is 12.8. The average Bonchev–Trinajstić information content (AvgIpc) is 3.53. The zero-order chi connectivity index (χ0) is 33.0. The highest BCUT2D eigenvalue weighted by atomic mass is 16.3. The van der Waals surface area contributed by atoms with Crippen LogP contribution in [0.5, 0.6) is 0 Å². The Bertz CT molecular complexity index is 2880. The molecule has 0 unspecified atom stereocenters. The molecule has 0 aliphatic heterocycles. The quantitative estimate of drug-likeness (QED) is 0.188. The number of hydrogen-bond acceptors (Lipinski definition) is 3. The monoisotopic (exact) mass is 638 g/mol. The van der Waals surface area contributed by atoms with Crippen molar-refractivity contribution < 1.29 is 4.42 Å². The summed E-state index contributed by atoms with van der Waals surface area (Å²) in [5.74, 6) is 0.